The van der Waals surface area contributed by atoms with Crippen molar-refractivity contribution in [2.45, 2.75) is 13.8 Å². The van der Waals surface area contributed by atoms with E-state index in [1.165, 1.54) is 0 Å². The van der Waals surface area contributed by atoms with Crippen molar-refractivity contribution in [3.05, 3.63) is 47.6 Å². The maximum Gasteiger partial charge on any atom is 0.328 e. The van der Waals surface area contributed by atoms with Crippen molar-refractivity contribution in [2.24, 2.45) is 0 Å². The monoisotopic (exact) mass is 245 g/mol. The predicted octanol–water partition coefficient (Wildman–Crippen LogP) is 3.11. The Kier molecular flexibility index (Phi) is 4.72. The lowest BCUT2D eigenvalue weighted by atomic mass is 10.1. The zero-order chi connectivity index (χ0) is 13.7. The summed E-state index contributed by atoms with van der Waals surface area (Å²) in [6, 6.07) is 5.96. The van der Waals surface area contributed by atoms with Crippen LogP contribution < -0.4 is 4.90 Å². The van der Waals surface area contributed by atoms with Gasteiger partial charge in [0.15, 0.2) is 0 Å². The fourth-order valence-electron chi connectivity index (χ4n) is 1.74. The van der Waals surface area contributed by atoms with Crippen LogP contribution in [0.2, 0.25) is 0 Å². The van der Waals surface area contributed by atoms with Crippen molar-refractivity contribution in [1.82, 2.24) is 0 Å². The highest BCUT2D eigenvalue weighted by Crippen LogP contribution is 2.19. The first-order chi connectivity index (χ1) is 8.40. The zero-order valence-electron chi connectivity index (χ0n) is 11.1. The first-order valence-corrected chi connectivity index (χ1v) is 5.77. The molecule has 3 nitrogen and oxygen atoms in total. The molecule has 0 unspecified atom stereocenters. The summed E-state index contributed by atoms with van der Waals surface area (Å²) in [5.74, 6) is -0.933. The molecule has 0 saturated heterocycles. The number of carboxylic acids is 1. The average molecular weight is 245 g/mol. The molecule has 18 heavy (non-hydrogen) atoms. The van der Waals surface area contributed by atoms with Gasteiger partial charge < -0.3 is 10.0 Å². The Hall–Kier alpha value is -2.03. The Morgan fingerprint density at radius 3 is 2.67 bits per heavy atom. The molecule has 1 rings (SSSR count). The van der Waals surface area contributed by atoms with Gasteiger partial charge in [0.25, 0.3) is 0 Å². The third kappa shape index (κ3) is 4.09. The highest BCUT2D eigenvalue weighted by Gasteiger charge is 2.03. The highest BCUT2D eigenvalue weighted by atomic mass is 16.4. The molecule has 0 amide bonds. The number of aryl methyl sites for hydroxylation is 1. The lowest BCUT2D eigenvalue weighted by Gasteiger charge is -2.20. The Labute approximate surface area is 108 Å². The molecule has 1 aromatic carbocycles. The summed E-state index contributed by atoms with van der Waals surface area (Å²) < 4.78 is 0. The molecule has 0 spiro atoms. The number of likely N-dealkylation sites (N-methyl/N-ethyl adjacent to an activating group) is 1. The van der Waals surface area contributed by atoms with Crippen molar-refractivity contribution in [3.8, 4) is 0 Å². The van der Waals surface area contributed by atoms with Gasteiger partial charge in [0.05, 0.1) is 0 Å². The molecule has 0 bridgehead atoms. The Morgan fingerprint density at radius 2 is 2.17 bits per heavy atom. The van der Waals surface area contributed by atoms with E-state index in [1.807, 2.05) is 39.1 Å². The van der Waals surface area contributed by atoms with E-state index in [-0.39, 0.29) is 0 Å². The molecule has 0 aliphatic rings. The van der Waals surface area contributed by atoms with Gasteiger partial charge in [-0.25, -0.2) is 4.79 Å². The van der Waals surface area contributed by atoms with Crippen LogP contribution in [-0.2, 0) is 4.79 Å². The number of nitrogens with zero attached hydrogens (tertiary/aromatic N) is 1. The third-order valence-corrected chi connectivity index (χ3v) is 2.61. The van der Waals surface area contributed by atoms with Crippen LogP contribution in [0.4, 0.5) is 5.69 Å². The molecule has 96 valence electrons. The molecule has 0 fully saturated rings. The number of carbonyl (C=O) groups is 1. The van der Waals surface area contributed by atoms with Crippen LogP contribution in [0.25, 0.3) is 6.08 Å². The number of benzene rings is 1. The number of aliphatic carboxylic acids is 1. The molecule has 1 aromatic rings. The molecule has 1 N–H and O–H groups in total. The fraction of sp³-hybridized carbons (Fsp3) is 0.267. The quantitative estimate of drug-likeness (QED) is 0.640. The van der Waals surface area contributed by atoms with Gasteiger partial charge in [0.1, 0.15) is 0 Å². The van der Waals surface area contributed by atoms with Crippen LogP contribution in [-0.4, -0.2) is 24.7 Å². The number of hydrogen-bond acceptors (Lipinski definition) is 2. The second-order valence-electron chi connectivity index (χ2n) is 4.53. The van der Waals surface area contributed by atoms with Crippen LogP contribution in [0.1, 0.15) is 18.1 Å². The molecule has 3 heteroatoms. The van der Waals surface area contributed by atoms with Crippen LogP contribution in [0.5, 0.6) is 0 Å². The van der Waals surface area contributed by atoms with Gasteiger partial charge in [-0.2, -0.15) is 0 Å². The molecule has 0 saturated carbocycles. The second kappa shape index (κ2) is 6.05. The van der Waals surface area contributed by atoms with Gasteiger partial charge in [-0.1, -0.05) is 18.2 Å². The van der Waals surface area contributed by atoms with E-state index in [0.29, 0.717) is 0 Å². The van der Waals surface area contributed by atoms with Gasteiger partial charge >= 0.3 is 5.97 Å². The van der Waals surface area contributed by atoms with E-state index in [0.717, 1.165) is 35.0 Å². The molecule has 0 radical (unpaired) electrons. The fourth-order valence-corrected chi connectivity index (χ4v) is 1.74. The Bertz CT molecular complexity index is 489. The first-order valence-electron chi connectivity index (χ1n) is 5.77. The summed E-state index contributed by atoms with van der Waals surface area (Å²) in [5.41, 5.74) is 4.18. The largest absolute Gasteiger partial charge is 0.478 e. The smallest absolute Gasteiger partial charge is 0.328 e. The van der Waals surface area contributed by atoms with E-state index >= 15 is 0 Å². The van der Waals surface area contributed by atoms with Crippen LogP contribution in [0.3, 0.4) is 0 Å². The number of carboxylic acid groups (broad SMARTS) is 1. The van der Waals surface area contributed by atoms with E-state index in [2.05, 4.69) is 11.5 Å². The Morgan fingerprint density at radius 1 is 1.50 bits per heavy atom. The van der Waals surface area contributed by atoms with Gasteiger partial charge in [0, 0.05) is 25.4 Å². The van der Waals surface area contributed by atoms with Crippen molar-refractivity contribution >= 4 is 17.7 Å². The number of anilines is 1. The van der Waals surface area contributed by atoms with Crippen molar-refractivity contribution in [1.29, 1.82) is 0 Å². The van der Waals surface area contributed by atoms with Crippen molar-refractivity contribution in [2.75, 3.05) is 18.5 Å². The summed E-state index contributed by atoms with van der Waals surface area (Å²) in [4.78, 5) is 12.6. The minimum Gasteiger partial charge on any atom is -0.478 e. The molecule has 0 aromatic heterocycles. The lowest BCUT2D eigenvalue weighted by molar-refractivity contribution is -0.131. The van der Waals surface area contributed by atoms with E-state index in [9.17, 15) is 4.79 Å². The Balaban J connectivity index is 2.91. The van der Waals surface area contributed by atoms with Crippen LogP contribution in [0, 0.1) is 6.92 Å². The molecular formula is C15H19NO2. The topological polar surface area (TPSA) is 40.5 Å². The lowest BCUT2D eigenvalue weighted by Crippen LogP contribution is -2.18. The maximum atomic E-state index is 10.5. The van der Waals surface area contributed by atoms with E-state index < -0.39 is 5.97 Å². The van der Waals surface area contributed by atoms with Crippen molar-refractivity contribution < 1.29 is 9.90 Å². The first kappa shape index (κ1) is 14.0. The van der Waals surface area contributed by atoms with E-state index in [4.69, 9.17) is 5.11 Å². The summed E-state index contributed by atoms with van der Waals surface area (Å²) in [7, 11) is 2.01. The summed E-state index contributed by atoms with van der Waals surface area (Å²) in [6.45, 7) is 8.67. The summed E-state index contributed by atoms with van der Waals surface area (Å²) >= 11 is 0. The standard InChI is InChI=1S/C15H19NO2/c1-11(2)10-16(4)14-7-5-13(12(3)9-14)6-8-15(17)18/h5-9H,1,10H2,2-4H3,(H,17,18)/b8-6+. The molecule has 0 aliphatic heterocycles. The molecule has 0 aliphatic carbocycles. The van der Waals surface area contributed by atoms with Crippen LogP contribution >= 0.6 is 0 Å². The van der Waals surface area contributed by atoms with Gasteiger partial charge in [-0.05, 0) is 43.2 Å². The predicted molar refractivity (Wildman–Crippen MR) is 75.9 cm³/mol. The van der Waals surface area contributed by atoms with Crippen molar-refractivity contribution in [3.63, 3.8) is 0 Å². The van der Waals surface area contributed by atoms with E-state index in [1.54, 1.807) is 6.08 Å². The van der Waals surface area contributed by atoms with Gasteiger partial charge in [0.2, 0.25) is 0 Å². The third-order valence-electron chi connectivity index (χ3n) is 2.61. The normalized spacial score (nSPS) is 10.6. The summed E-state index contributed by atoms with van der Waals surface area (Å²) in [6.07, 6.45) is 2.76. The second-order valence-corrected chi connectivity index (χ2v) is 4.53. The highest BCUT2D eigenvalue weighted by molar-refractivity contribution is 5.85. The zero-order valence-corrected chi connectivity index (χ0v) is 11.1. The molecule has 0 heterocycles. The minimum absolute atomic E-state index is 0.809. The van der Waals surface area contributed by atoms with Gasteiger partial charge in [-0.15, -0.1) is 0 Å². The van der Waals surface area contributed by atoms with Crippen LogP contribution in [0.15, 0.2) is 36.4 Å². The SMILES string of the molecule is C=C(C)CN(C)c1ccc(/C=C/C(=O)O)c(C)c1. The minimum atomic E-state index is -0.933. The summed E-state index contributed by atoms with van der Waals surface area (Å²) in [5, 5.41) is 8.60. The molecule has 0 atom stereocenters. The number of hydrogen-bond donors (Lipinski definition) is 1. The number of rotatable bonds is 5. The van der Waals surface area contributed by atoms with Gasteiger partial charge in [-0.3, -0.25) is 0 Å². The maximum absolute atomic E-state index is 10.5. The molecular weight excluding hydrogens is 226 g/mol. The average Bonchev–Trinajstić information content (AvgIpc) is 2.26.